The lowest BCUT2D eigenvalue weighted by molar-refractivity contribution is 0.0712. The monoisotopic (exact) mass is 421 g/mol. The van der Waals surface area contributed by atoms with Gasteiger partial charge in [-0.05, 0) is 44.2 Å². The molecule has 2 fully saturated rings. The maximum Gasteiger partial charge on any atom is 0.255 e. The first kappa shape index (κ1) is 19.7. The van der Waals surface area contributed by atoms with Crippen LogP contribution in [-0.2, 0) is 12.8 Å². The Morgan fingerprint density at radius 2 is 1.90 bits per heavy atom. The van der Waals surface area contributed by atoms with Crippen molar-refractivity contribution in [2.45, 2.75) is 56.9 Å². The predicted molar refractivity (Wildman–Crippen MR) is 116 cm³/mol. The molecule has 1 aliphatic carbocycles. The third-order valence-corrected chi connectivity index (χ3v) is 8.22. The zero-order valence-electron chi connectivity index (χ0n) is 17.2. The molecule has 0 bridgehead atoms. The highest BCUT2D eigenvalue weighted by molar-refractivity contribution is 7.11. The van der Waals surface area contributed by atoms with Gasteiger partial charge in [-0.15, -0.1) is 11.3 Å². The summed E-state index contributed by atoms with van der Waals surface area (Å²) in [6.45, 7) is 3.85. The number of amides is 1. The molecule has 3 aliphatic rings. The largest absolute Gasteiger partial charge is 0.339 e. The second kappa shape index (κ2) is 8.44. The Kier molecular flexibility index (Phi) is 5.53. The number of piperidine rings is 1. The summed E-state index contributed by atoms with van der Waals surface area (Å²) in [6, 6.07) is 6.12. The van der Waals surface area contributed by atoms with E-state index < -0.39 is 0 Å². The fraction of sp³-hybridized carbons (Fsp3) is 0.565. The molecule has 30 heavy (non-hydrogen) atoms. The van der Waals surface area contributed by atoms with E-state index in [0.29, 0.717) is 17.2 Å². The standard InChI is InChI=1S/C23H27N5OS/c24-14-18-5-4-17(15-25-18)23(29)28-10-6-16(7-11-28)22-26-20-8-12-27(19-2-1-3-19)13-9-21(20)30-22/h4-5,15-16,19H,1-3,6-13H2. The summed E-state index contributed by atoms with van der Waals surface area (Å²) < 4.78 is 0. The summed E-state index contributed by atoms with van der Waals surface area (Å²) >= 11 is 1.92. The fourth-order valence-corrected chi connectivity index (χ4v) is 6.06. The number of likely N-dealkylation sites (tertiary alicyclic amines) is 1. The second-order valence-corrected chi connectivity index (χ2v) is 9.77. The first-order valence-electron chi connectivity index (χ1n) is 11.1. The van der Waals surface area contributed by atoms with Gasteiger partial charge >= 0.3 is 0 Å². The highest BCUT2D eigenvalue weighted by atomic mass is 32.1. The molecule has 156 valence electrons. The van der Waals surface area contributed by atoms with E-state index in [0.717, 1.165) is 51.4 Å². The normalized spacial score (nSPS) is 20.8. The van der Waals surface area contributed by atoms with Crippen LogP contribution >= 0.6 is 11.3 Å². The van der Waals surface area contributed by atoms with Crippen LogP contribution in [0.1, 0.15) is 69.7 Å². The smallest absolute Gasteiger partial charge is 0.255 e. The SMILES string of the molecule is N#Cc1ccc(C(=O)N2CCC(c3nc4c(s3)CCN(C3CCC3)CC4)CC2)cn1. The minimum atomic E-state index is 0.0106. The number of aromatic nitrogens is 2. The van der Waals surface area contributed by atoms with Crippen molar-refractivity contribution < 1.29 is 4.79 Å². The van der Waals surface area contributed by atoms with Crippen LogP contribution in [0.25, 0.3) is 0 Å². The van der Waals surface area contributed by atoms with Gasteiger partial charge in [-0.1, -0.05) is 6.42 Å². The zero-order chi connectivity index (χ0) is 20.5. The van der Waals surface area contributed by atoms with Crippen LogP contribution in [0.15, 0.2) is 18.3 Å². The van der Waals surface area contributed by atoms with Crippen molar-refractivity contribution in [3.63, 3.8) is 0 Å². The summed E-state index contributed by atoms with van der Waals surface area (Å²) in [5, 5.41) is 10.1. The average Bonchev–Trinajstić information content (AvgIpc) is 3.07. The highest BCUT2D eigenvalue weighted by Crippen LogP contribution is 2.35. The number of fused-ring (bicyclic) bond motifs is 1. The van der Waals surface area contributed by atoms with E-state index >= 15 is 0 Å². The molecule has 0 aromatic carbocycles. The van der Waals surface area contributed by atoms with Crippen molar-refractivity contribution >= 4 is 17.2 Å². The molecule has 6 nitrogen and oxygen atoms in total. The Hall–Kier alpha value is -2.30. The van der Waals surface area contributed by atoms with Crippen LogP contribution in [-0.4, -0.2) is 57.9 Å². The van der Waals surface area contributed by atoms with Gasteiger partial charge in [0.15, 0.2) is 0 Å². The van der Waals surface area contributed by atoms with Gasteiger partial charge in [0.2, 0.25) is 0 Å². The Bertz CT molecular complexity index is 925. The molecule has 7 heteroatoms. The predicted octanol–water partition coefficient (Wildman–Crippen LogP) is 3.38. The van der Waals surface area contributed by atoms with Crippen molar-refractivity contribution in [2.75, 3.05) is 26.2 Å². The first-order chi connectivity index (χ1) is 14.7. The maximum atomic E-state index is 12.7. The summed E-state index contributed by atoms with van der Waals surface area (Å²) in [6.07, 6.45) is 9.83. The molecule has 1 saturated heterocycles. The van der Waals surface area contributed by atoms with Gasteiger partial charge in [0, 0.05) is 55.6 Å². The molecule has 0 N–H and O–H groups in total. The van der Waals surface area contributed by atoms with Gasteiger partial charge in [-0.3, -0.25) is 9.69 Å². The lowest BCUT2D eigenvalue weighted by Crippen LogP contribution is -2.41. The third-order valence-electron chi connectivity index (χ3n) is 6.90. The van der Waals surface area contributed by atoms with E-state index in [1.54, 1.807) is 12.1 Å². The van der Waals surface area contributed by atoms with Gasteiger partial charge in [0.25, 0.3) is 5.91 Å². The molecule has 4 heterocycles. The molecule has 5 rings (SSSR count). The van der Waals surface area contributed by atoms with Crippen molar-refractivity contribution in [1.82, 2.24) is 19.8 Å². The first-order valence-corrected chi connectivity index (χ1v) is 11.9. The van der Waals surface area contributed by atoms with Crippen LogP contribution < -0.4 is 0 Å². The van der Waals surface area contributed by atoms with Crippen LogP contribution in [0.3, 0.4) is 0 Å². The van der Waals surface area contributed by atoms with Crippen molar-refractivity contribution in [3.05, 3.63) is 45.2 Å². The van der Waals surface area contributed by atoms with E-state index in [4.69, 9.17) is 10.2 Å². The molecular formula is C23H27N5OS. The highest BCUT2D eigenvalue weighted by Gasteiger charge is 2.30. The van der Waals surface area contributed by atoms with Crippen LogP contribution in [0.2, 0.25) is 0 Å². The number of carbonyl (C=O) groups is 1. The molecule has 2 aliphatic heterocycles. The van der Waals surface area contributed by atoms with Crippen LogP contribution in [0, 0.1) is 11.3 Å². The van der Waals surface area contributed by atoms with Gasteiger partial charge in [0.1, 0.15) is 11.8 Å². The Labute approximate surface area is 181 Å². The molecule has 0 unspecified atom stereocenters. The molecule has 0 spiro atoms. The molecule has 1 amide bonds. The number of carbonyl (C=O) groups excluding carboxylic acids is 1. The molecular weight excluding hydrogens is 394 g/mol. The summed E-state index contributed by atoms with van der Waals surface area (Å²) in [5.41, 5.74) is 2.23. The van der Waals surface area contributed by atoms with E-state index in [1.165, 1.54) is 47.6 Å². The van der Waals surface area contributed by atoms with E-state index in [1.807, 2.05) is 22.3 Å². The number of thiazole rings is 1. The molecule has 0 radical (unpaired) electrons. The lowest BCUT2D eigenvalue weighted by Gasteiger charge is -2.36. The maximum absolute atomic E-state index is 12.7. The van der Waals surface area contributed by atoms with Crippen LogP contribution in [0.4, 0.5) is 0 Å². The minimum absolute atomic E-state index is 0.0106. The summed E-state index contributed by atoms with van der Waals surface area (Å²) in [7, 11) is 0. The van der Waals surface area contributed by atoms with Crippen molar-refractivity contribution in [1.29, 1.82) is 5.26 Å². The number of pyridine rings is 1. The Balaban J connectivity index is 1.18. The zero-order valence-corrected chi connectivity index (χ0v) is 18.0. The van der Waals surface area contributed by atoms with Gasteiger partial charge in [-0.25, -0.2) is 9.97 Å². The van der Waals surface area contributed by atoms with E-state index in [9.17, 15) is 4.79 Å². The number of hydrogen-bond donors (Lipinski definition) is 0. The lowest BCUT2D eigenvalue weighted by atomic mass is 9.91. The number of hydrogen-bond acceptors (Lipinski definition) is 6. The average molecular weight is 422 g/mol. The molecule has 1 saturated carbocycles. The summed E-state index contributed by atoms with van der Waals surface area (Å²) in [4.78, 5) is 27.9. The molecule has 2 aromatic rings. The number of nitriles is 1. The Morgan fingerprint density at radius 1 is 1.10 bits per heavy atom. The van der Waals surface area contributed by atoms with Crippen molar-refractivity contribution in [2.24, 2.45) is 0 Å². The van der Waals surface area contributed by atoms with Gasteiger partial charge in [-0.2, -0.15) is 5.26 Å². The van der Waals surface area contributed by atoms with E-state index in [-0.39, 0.29) is 5.91 Å². The van der Waals surface area contributed by atoms with Gasteiger partial charge < -0.3 is 4.90 Å². The fourth-order valence-electron chi connectivity index (χ4n) is 4.79. The number of nitrogens with zero attached hydrogens (tertiary/aromatic N) is 5. The molecule has 0 atom stereocenters. The quantitative estimate of drug-likeness (QED) is 0.760. The minimum Gasteiger partial charge on any atom is -0.339 e. The van der Waals surface area contributed by atoms with Gasteiger partial charge in [0.05, 0.1) is 16.3 Å². The van der Waals surface area contributed by atoms with E-state index in [2.05, 4.69) is 9.88 Å². The van der Waals surface area contributed by atoms with Crippen LogP contribution in [0.5, 0.6) is 0 Å². The topological polar surface area (TPSA) is 73.1 Å². The number of rotatable bonds is 3. The van der Waals surface area contributed by atoms with Crippen molar-refractivity contribution in [3.8, 4) is 6.07 Å². The summed E-state index contributed by atoms with van der Waals surface area (Å²) in [5.74, 6) is 0.476. The third kappa shape index (κ3) is 3.86. The molecule has 2 aromatic heterocycles. The second-order valence-electron chi connectivity index (χ2n) is 8.65. The Morgan fingerprint density at radius 3 is 2.57 bits per heavy atom.